The first-order valence-electron chi connectivity index (χ1n) is 7.19. The predicted molar refractivity (Wildman–Crippen MR) is 87.7 cm³/mol. The Bertz CT molecular complexity index is 618. The molecular weight excluding hydrogens is 300 g/mol. The summed E-state index contributed by atoms with van der Waals surface area (Å²) in [6, 6.07) is 14.5. The van der Waals surface area contributed by atoms with Gasteiger partial charge < -0.3 is 9.84 Å². The summed E-state index contributed by atoms with van der Waals surface area (Å²) in [7, 11) is 0. The van der Waals surface area contributed by atoms with Crippen LogP contribution >= 0.6 is 11.6 Å². The van der Waals surface area contributed by atoms with Crippen LogP contribution in [0.25, 0.3) is 0 Å². The van der Waals surface area contributed by atoms with E-state index in [4.69, 9.17) is 16.3 Å². The van der Waals surface area contributed by atoms with Gasteiger partial charge in [0.15, 0.2) is 0 Å². The molecule has 22 heavy (non-hydrogen) atoms. The summed E-state index contributed by atoms with van der Waals surface area (Å²) >= 11 is 5.85. The highest BCUT2D eigenvalue weighted by atomic mass is 35.5. The van der Waals surface area contributed by atoms with E-state index < -0.39 is 11.9 Å². The summed E-state index contributed by atoms with van der Waals surface area (Å²) in [5, 5.41) is 10.1. The Kier molecular flexibility index (Phi) is 5.45. The Labute approximate surface area is 135 Å². The molecule has 0 radical (unpaired) electrons. The molecule has 1 unspecified atom stereocenters. The summed E-state index contributed by atoms with van der Waals surface area (Å²) in [6.07, 6.45) is 0.547. The van der Waals surface area contributed by atoms with E-state index in [1.165, 1.54) is 0 Å². The number of benzene rings is 2. The minimum atomic E-state index is -0.843. The lowest BCUT2D eigenvalue weighted by Crippen LogP contribution is -2.14. The number of ether oxygens (including phenoxy) is 1. The van der Waals surface area contributed by atoms with E-state index in [2.05, 4.69) is 0 Å². The van der Waals surface area contributed by atoms with Gasteiger partial charge in [-0.15, -0.1) is 0 Å². The number of rotatable bonds is 6. The van der Waals surface area contributed by atoms with Crippen LogP contribution in [0, 0.1) is 0 Å². The van der Waals surface area contributed by atoms with Gasteiger partial charge in [0.2, 0.25) is 0 Å². The molecule has 0 aliphatic rings. The zero-order chi connectivity index (χ0) is 16.1. The molecule has 4 heteroatoms. The van der Waals surface area contributed by atoms with Crippen LogP contribution in [-0.2, 0) is 11.2 Å². The van der Waals surface area contributed by atoms with Crippen LogP contribution in [0.1, 0.15) is 30.9 Å². The number of carboxylic acid groups (broad SMARTS) is 1. The van der Waals surface area contributed by atoms with E-state index in [1.54, 1.807) is 24.3 Å². The van der Waals surface area contributed by atoms with Crippen molar-refractivity contribution >= 4 is 17.6 Å². The lowest BCUT2D eigenvalue weighted by atomic mass is 9.92. The Morgan fingerprint density at radius 3 is 2.18 bits per heavy atom. The number of aliphatic carboxylic acids is 1. The second-order valence-electron chi connectivity index (χ2n) is 5.46. The van der Waals surface area contributed by atoms with Crippen molar-refractivity contribution in [2.75, 3.05) is 0 Å². The summed E-state index contributed by atoms with van der Waals surface area (Å²) < 4.78 is 5.59. The highest BCUT2D eigenvalue weighted by Crippen LogP contribution is 2.24. The molecule has 0 amide bonds. The van der Waals surface area contributed by atoms with Crippen LogP contribution in [0.15, 0.2) is 48.5 Å². The van der Waals surface area contributed by atoms with Crippen LogP contribution < -0.4 is 4.74 Å². The fourth-order valence-corrected chi connectivity index (χ4v) is 2.38. The fraction of sp³-hybridized carbons (Fsp3) is 0.278. The average Bonchev–Trinajstić information content (AvgIpc) is 2.47. The van der Waals surface area contributed by atoms with E-state index in [-0.39, 0.29) is 6.10 Å². The fourth-order valence-electron chi connectivity index (χ4n) is 2.25. The maximum absolute atomic E-state index is 11.5. The Balaban J connectivity index is 2.14. The molecule has 2 rings (SSSR count). The summed E-state index contributed by atoms with van der Waals surface area (Å²) in [5.74, 6) is -0.643. The molecule has 0 bridgehead atoms. The summed E-state index contributed by atoms with van der Waals surface area (Å²) in [6.45, 7) is 3.93. The van der Waals surface area contributed by atoms with Crippen LogP contribution in [0.4, 0.5) is 0 Å². The van der Waals surface area contributed by atoms with Crippen molar-refractivity contribution in [1.29, 1.82) is 0 Å². The van der Waals surface area contributed by atoms with Gasteiger partial charge in [0.1, 0.15) is 5.75 Å². The zero-order valence-corrected chi connectivity index (χ0v) is 13.4. The topological polar surface area (TPSA) is 46.5 Å². The Morgan fingerprint density at radius 2 is 1.68 bits per heavy atom. The largest absolute Gasteiger partial charge is 0.491 e. The third kappa shape index (κ3) is 4.50. The standard InChI is InChI=1S/C18H19ClO3/c1-12(2)22-16-9-3-13(4-10-16)11-17(18(20)21)14-5-7-15(19)8-6-14/h3-10,12,17H,11H2,1-2H3,(H,20,21). The molecule has 2 aromatic rings. The minimum absolute atomic E-state index is 0.117. The predicted octanol–water partition coefficient (Wildman–Crippen LogP) is 4.54. The second-order valence-corrected chi connectivity index (χ2v) is 5.89. The van der Waals surface area contributed by atoms with Crippen molar-refractivity contribution in [2.45, 2.75) is 32.3 Å². The Morgan fingerprint density at radius 1 is 1.09 bits per heavy atom. The van der Waals surface area contributed by atoms with Crippen molar-refractivity contribution in [3.8, 4) is 5.75 Å². The van der Waals surface area contributed by atoms with Crippen LogP contribution in [0.3, 0.4) is 0 Å². The summed E-state index contributed by atoms with van der Waals surface area (Å²) in [4.78, 5) is 11.5. The van der Waals surface area contributed by atoms with E-state index in [0.29, 0.717) is 11.4 Å². The molecule has 0 aromatic heterocycles. The number of halogens is 1. The third-order valence-corrected chi connectivity index (χ3v) is 3.56. The van der Waals surface area contributed by atoms with Gasteiger partial charge in [0.05, 0.1) is 12.0 Å². The minimum Gasteiger partial charge on any atom is -0.491 e. The van der Waals surface area contributed by atoms with Crippen molar-refractivity contribution in [3.63, 3.8) is 0 Å². The molecule has 0 fully saturated rings. The molecule has 0 aliphatic heterocycles. The molecule has 3 nitrogen and oxygen atoms in total. The van der Waals surface area contributed by atoms with Crippen molar-refractivity contribution in [2.24, 2.45) is 0 Å². The maximum atomic E-state index is 11.5. The second kappa shape index (κ2) is 7.32. The quantitative estimate of drug-likeness (QED) is 0.850. The molecule has 0 saturated carbocycles. The SMILES string of the molecule is CC(C)Oc1ccc(CC(C(=O)O)c2ccc(Cl)cc2)cc1. The molecule has 0 aliphatic carbocycles. The van der Waals surface area contributed by atoms with Gasteiger partial charge in [-0.1, -0.05) is 35.9 Å². The molecule has 1 atom stereocenters. The number of hydrogen-bond donors (Lipinski definition) is 1. The van der Waals surface area contributed by atoms with E-state index in [0.717, 1.165) is 16.9 Å². The van der Waals surface area contributed by atoms with Crippen molar-refractivity contribution < 1.29 is 14.6 Å². The molecule has 0 spiro atoms. The maximum Gasteiger partial charge on any atom is 0.311 e. The normalized spacial score (nSPS) is 12.2. The average molecular weight is 319 g/mol. The Hall–Kier alpha value is -2.00. The highest BCUT2D eigenvalue weighted by molar-refractivity contribution is 6.30. The third-order valence-electron chi connectivity index (χ3n) is 3.31. The molecule has 0 saturated heterocycles. The van der Waals surface area contributed by atoms with Crippen molar-refractivity contribution in [1.82, 2.24) is 0 Å². The molecule has 1 N–H and O–H groups in total. The highest BCUT2D eigenvalue weighted by Gasteiger charge is 2.20. The van der Waals surface area contributed by atoms with Gasteiger partial charge in [-0.05, 0) is 55.7 Å². The van der Waals surface area contributed by atoms with Crippen LogP contribution in [-0.4, -0.2) is 17.2 Å². The molecular formula is C18H19ClO3. The first-order chi connectivity index (χ1) is 10.5. The van der Waals surface area contributed by atoms with E-state index in [1.807, 2.05) is 38.1 Å². The lowest BCUT2D eigenvalue weighted by Gasteiger charge is -2.14. The van der Waals surface area contributed by atoms with Crippen LogP contribution in [0.2, 0.25) is 5.02 Å². The first kappa shape index (κ1) is 16.4. The van der Waals surface area contributed by atoms with Crippen molar-refractivity contribution in [3.05, 3.63) is 64.7 Å². The number of carbonyl (C=O) groups is 1. The van der Waals surface area contributed by atoms with Crippen LogP contribution in [0.5, 0.6) is 5.75 Å². The summed E-state index contributed by atoms with van der Waals surface area (Å²) in [5.41, 5.74) is 1.71. The number of hydrogen-bond acceptors (Lipinski definition) is 2. The van der Waals surface area contributed by atoms with Gasteiger partial charge in [-0.3, -0.25) is 4.79 Å². The van der Waals surface area contributed by atoms with Gasteiger partial charge in [0, 0.05) is 5.02 Å². The zero-order valence-electron chi connectivity index (χ0n) is 12.6. The van der Waals surface area contributed by atoms with E-state index in [9.17, 15) is 9.90 Å². The molecule has 116 valence electrons. The van der Waals surface area contributed by atoms with Gasteiger partial charge in [-0.25, -0.2) is 0 Å². The van der Waals surface area contributed by atoms with Gasteiger partial charge in [-0.2, -0.15) is 0 Å². The van der Waals surface area contributed by atoms with E-state index >= 15 is 0 Å². The van der Waals surface area contributed by atoms with Gasteiger partial charge >= 0.3 is 5.97 Å². The first-order valence-corrected chi connectivity index (χ1v) is 7.57. The van der Waals surface area contributed by atoms with Gasteiger partial charge in [0.25, 0.3) is 0 Å². The lowest BCUT2D eigenvalue weighted by molar-refractivity contribution is -0.138. The smallest absolute Gasteiger partial charge is 0.311 e. The molecule has 0 heterocycles. The molecule has 2 aromatic carbocycles. The number of carboxylic acids is 1. The monoisotopic (exact) mass is 318 g/mol.